The van der Waals surface area contributed by atoms with Crippen LogP contribution in [0.25, 0.3) is 6.08 Å². The molecule has 0 aromatic heterocycles. The predicted octanol–water partition coefficient (Wildman–Crippen LogP) is 7.70. The van der Waals surface area contributed by atoms with E-state index in [1.54, 1.807) is 55.5 Å². The van der Waals surface area contributed by atoms with E-state index in [1.807, 2.05) is 25.1 Å². The van der Waals surface area contributed by atoms with Crippen molar-refractivity contribution in [2.45, 2.75) is 20.5 Å². The zero-order chi connectivity index (χ0) is 28.8. The number of carbonyl (C=O) groups is 2. The van der Waals surface area contributed by atoms with E-state index in [-0.39, 0.29) is 29.6 Å². The number of esters is 1. The van der Waals surface area contributed by atoms with Crippen molar-refractivity contribution in [2.75, 3.05) is 13.7 Å². The maximum atomic E-state index is 12.8. The van der Waals surface area contributed by atoms with Gasteiger partial charge in [0.1, 0.15) is 23.0 Å². The molecule has 4 rings (SSSR count). The molecule has 0 saturated heterocycles. The molecule has 7 nitrogen and oxygen atoms in total. The number of hydrogen-bond donors (Lipinski definition) is 1. The SMILES string of the molecule is CCOC(=O)C1=C(O)/C(=C/c2cc(Br)c(OCc3cccc(Cl)c3)c(OC)c2)SC1=NC(=O)c1ccc(C)cc1. The quantitative estimate of drug-likeness (QED) is 0.252. The van der Waals surface area contributed by atoms with Gasteiger partial charge in [-0.05, 0) is 83.4 Å². The molecule has 3 aromatic rings. The third-order valence-electron chi connectivity index (χ3n) is 5.69. The minimum atomic E-state index is -0.769. The fraction of sp³-hybridized carbons (Fsp3) is 0.167. The Morgan fingerprint density at radius 2 is 1.88 bits per heavy atom. The smallest absolute Gasteiger partial charge is 0.344 e. The van der Waals surface area contributed by atoms with E-state index >= 15 is 0 Å². The summed E-state index contributed by atoms with van der Waals surface area (Å²) in [5.74, 6) is -0.695. The molecule has 10 heteroatoms. The van der Waals surface area contributed by atoms with Gasteiger partial charge in [-0.15, -0.1) is 0 Å². The van der Waals surface area contributed by atoms with Crippen LogP contribution in [0, 0.1) is 6.92 Å². The first-order valence-electron chi connectivity index (χ1n) is 12.1. The molecule has 1 heterocycles. The highest BCUT2D eigenvalue weighted by Crippen LogP contribution is 2.42. The minimum absolute atomic E-state index is 0.0558. The van der Waals surface area contributed by atoms with E-state index in [0.29, 0.717) is 37.0 Å². The standard InChI is InChI=1S/C30H25BrClNO6S/c1-4-38-30(36)25-26(34)24(40-29(25)33-28(35)20-10-8-17(2)9-11-20)15-19-13-22(31)27(23(14-19)37-3)39-16-18-6-5-7-21(32)12-18/h5-15,34H,4,16H2,1-3H3/b24-15-,33-29?. The van der Waals surface area contributed by atoms with Crippen LogP contribution >= 0.6 is 39.3 Å². The van der Waals surface area contributed by atoms with Crippen molar-refractivity contribution in [2.24, 2.45) is 4.99 Å². The molecular weight excluding hydrogens is 618 g/mol. The van der Waals surface area contributed by atoms with Gasteiger partial charge in [0.2, 0.25) is 0 Å². The van der Waals surface area contributed by atoms with Gasteiger partial charge in [0.25, 0.3) is 5.91 Å². The van der Waals surface area contributed by atoms with Gasteiger partial charge in [-0.25, -0.2) is 9.79 Å². The van der Waals surface area contributed by atoms with E-state index in [9.17, 15) is 14.7 Å². The Labute approximate surface area is 249 Å². The van der Waals surface area contributed by atoms with Crippen LogP contribution in [0.1, 0.15) is 34.0 Å². The summed E-state index contributed by atoms with van der Waals surface area (Å²) in [7, 11) is 1.52. The van der Waals surface area contributed by atoms with E-state index in [4.69, 9.17) is 25.8 Å². The highest BCUT2D eigenvalue weighted by atomic mass is 79.9. The van der Waals surface area contributed by atoms with Gasteiger partial charge in [0.15, 0.2) is 11.5 Å². The van der Waals surface area contributed by atoms with Gasteiger partial charge in [-0.1, -0.05) is 53.2 Å². The number of aliphatic imine (C=N–C) groups is 1. The summed E-state index contributed by atoms with van der Waals surface area (Å²) in [5, 5.41) is 11.7. The van der Waals surface area contributed by atoms with E-state index in [1.165, 1.54) is 7.11 Å². The zero-order valence-electron chi connectivity index (χ0n) is 21.9. The molecule has 0 aliphatic carbocycles. The molecule has 3 aromatic carbocycles. The first-order valence-corrected chi connectivity index (χ1v) is 14.1. The average molecular weight is 643 g/mol. The lowest BCUT2D eigenvalue weighted by molar-refractivity contribution is -0.138. The first kappa shape index (κ1) is 29.5. The number of aryl methyl sites for hydroxylation is 1. The van der Waals surface area contributed by atoms with Gasteiger partial charge in [-0.2, -0.15) is 0 Å². The number of benzene rings is 3. The second-order valence-electron chi connectivity index (χ2n) is 8.60. The number of hydrogen-bond acceptors (Lipinski definition) is 7. The van der Waals surface area contributed by atoms with Crippen LogP contribution in [0.5, 0.6) is 11.5 Å². The summed E-state index contributed by atoms with van der Waals surface area (Å²) in [6.45, 7) is 3.93. The topological polar surface area (TPSA) is 94.4 Å². The summed E-state index contributed by atoms with van der Waals surface area (Å²) < 4.78 is 17.3. The Bertz CT molecular complexity index is 1550. The fourth-order valence-corrected chi connectivity index (χ4v) is 5.54. The molecule has 206 valence electrons. The number of carbonyl (C=O) groups excluding carboxylic acids is 2. The molecule has 0 bridgehead atoms. The van der Waals surface area contributed by atoms with Gasteiger partial charge in [-0.3, -0.25) is 4.79 Å². The third kappa shape index (κ3) is 6.96. The van der Waals surface area contributed by atoms with Crippen LogP contribution in [0.3, 0.4) is 0 Å². The van der Waals surface area contributed by atoms with Gasteiger partial charge >= 0.3 is 5.97 Å². The molecule has 0 radical (unpaired) electrons. The maximum absolute atomic E-state index is 12.8. The molecular formula is C30H25BrClNO6S. The Morgan fingerprint density at radius 3 is 2.55 bits per heavy atom. The number of rotatable bonds is 8. The lowest BCUT2D eigenvalue weighted by Gasteiger charge is -2.14. The molecule has 0 unspecified atom stereocenters. The van der Waals surface area contributed by atoms with Crippen molar-refractivity contribution in [3.8, 4) is 11.5 Å². The lowest BCUT2D eigenvalue weighted by atomic mass is 10.1. The van der Waals surface area contributed by atoms with Crippen LogP contribution in [-0.2, 0) is 16.1 Å². The molecule has 1 amide bonds. The Balaban J connectivity index is 1.65. The Kier molecular flexibility index (Phi) is 9.73. The number of nitrogens with zero attached hydrogens (tertiary/aromatic N) is 1. The number of thioether (sulfide) groups is 1. The second kappa shape index (κ2) is 13.2. The number of aliphatic hydroxyl groups excluding tert-OH is 1. The molecule has 1 N–H and O–H groups in total. The van der Waals surface area contributed by atoms with E-state index in [2.05, 4.69) is 20.9 Å². The normalized spacial score (nSPS) is 15.0. The van der Waals surface area contributed by atoms with Crippen molar-refractivity contribution in [1.29, 1.82) is 0 Å². The minimum Gasteiger partial charge on any atom is -0.506 e. The van der Waals surface area contributed by atoms with Crippen molar-refractivity contribution in [1.82, 2.24) is 0 Å². The van der Waals surface area contributed by atoms with Gasteiger partial charge < -0.3 is 19.3 Å². The highest BCUT2D eigenvalue weighted by molar-refractivity contribution is 9.10. The van der Waals surface area contributed by atoms with Crippen molar-refractivity contribution in [3.63, 3.8) is 0 Å². The van der Waals surface area contributed by atoms with E-state index < -0.39 is 11.9 Å². The second-order valence-corrected chi connectivity index (χ2v) is 10.9. The summed E-state index contributed by atoms with van der Waals surface area (Å²) in [5.41, 5.74) is 2.73. The zero-order valence-corrected chi connectivity index (χ0v) is 25.0. The maximum Gasteiger partial charge on any atom is 0.344 e. The number of halogens is 2. The molecule has 0 atom stereocenters. The lowest BCUT2D eigenvalue weighted by Crippen LogP contribution is -2.14. The Morgan fingerprint density at radius 1 is 1.12 bits per heavy atom. The summed E-state index contributed by atoms with van der Waals surface area (Å²) in [4.78, 5) is 30.0. The van der Waals surface area contributed by atoms with Crippen LogP contribution in [0.15, 0.2) is 86.4 Å². The Hall–Kier alpha value is -3.53. The molecule has 1 aliphatic rings. The third-order valence-corrected chi connectivity index (χ3v) is 7.54. The molecule has 1 aliphatic heterocycles. The van der Waals surface area contributed by atoms with Crippen molar-refractivity contribution < 1.29 is 28.9 Å². The fourth-order valence-electron chi connectivity index (χ4n) is 3.74. The van der Waals surface area contributed by atoms with E-state index in [0.717, 1.165) is 22.9 Å². The number of methoxy groups -OCH3 is 1. The van der Waals surface area contributed by atoms with Crippen LogP contribution in [0.2, 0.25) is 5.02 Å². The molecule has 0 fully saturated rings. The van der Waals surface area contributed by atoms with Crippen LogP contribution in [0.4, 0.5) is 0 Å². The summed E-state index contributed by atoms with van der Waals surface area (Å²) in [6.07, 6.45) is 1.66. The molecule has 0 spiro atoms. The van der Waals surface area contributed by atoms with Crippen molar-refractivity contribution >= 4 is 62.3 Å². The largest absolute Gasteiger partial charge is 0.506 e. The first-order chi connectivity index (χ1) is 19.2. The predicted molar refractivity (Wildman–Crippen MR) is 161 cm³/mol. The number of ether oxygens (including phenoxy) is 3. The highest BCUT2D eigenvalue weighted by Gasteiger charge is 2.34. The molecule has 0 saturated carbocycles. The van der Waals surface area contributed by atoms with Crippen LogP contribution in [-0.4, -0.2) is 35.7 Å². The van der Waals surface area contributed by atoms with Crippen molar-refractivity contribution in [3.05, 3.63) is 109 Å². The van der Waals surface area contributed by atoms with Crippen LogP contribution < -0.4 is 9.47 Å². The summed E-state index contributed by atoms with van der Waals surface area (Å²) >= 11 is 10.6. The number of amides is 1. The van der Waals surface area contributed by atoms with Gasteiger partial charge in [0, 0.05) is 10.6 Å². The van der Waals surface area contributed by atoms with Gasteiger partial charge in [0.05, 0.1) is 23.1 Å². The summed E-state index contributed by atoms with van der Waals surface area (Å²) in [6, 6.07) is 17.8. The average Bonchev–Trinajstić information content (AvgIpc) is 3.22. The monoisotopic (exact) mass is 641 g/mol. The number of aliphatic hydroxyl groups is 1. The molecule has 40 heavy (non-hydrogen) atoms.